The van der Waals surface area contributed by atoms with Crippen LogP contribution >= 0.6 is 23.1 Å². The number of rotatable bonds is 4. The zero-order valence-corrected chi connectivity index (χ0v) is 14.8. The van der Waals surface area contributed by atoms with Crippen molar-refractivity contribution < 1.29 is 14.3 Å². The number of piperidine rings is 1. The minimum absolute atomic E-state index is 0.0502. The maximum Gasteiger partial charge on any atom is 0.237 e. The highest BCUT2D eigenvalue weighted by molar-refractivity contribution is 8.03. The molecule has 3 heterocycles. The molecular weight excluding hydrogens is 356 g/mol. The Morgan fingerprint density at radius 2 is 2.04 bits per heavy atom. The fourth-order valence-electron chi connectivity index (χ4n) is 2.87. The van der Waals surface area contributed by atoms with Crippen molar-refractivity contribution in [2.24, 2.45) is 5.92 Å². The van der Waals surface area contributed by atoms with Gasteiger partial charge in [-0.25, -0.2) is 0 Å². The van der Waals surface area contributed by atoms with Gasteiger partial charge in [0.1, 0.15) is 11.7 Å². The van der Waals surface area contributed by atoms with Gasteiger partial charge in [0, 0.05) is 5.25 Å². The van der Waals surface area contributed by atoms with Crippen molar-refractivity contribution in [3.05, 3.63) is 53.9 Å². The summed E-state index contributed by atoms with van der Waals surface area (Å²) in [5, 5.41) is 9.33. The van der Waals surface area contributed by atoms with Gasteiger partial charge in [0.2, 0.25) is 11.8 Å². The fraction of sp³-hybridized carbons (Fsp3) is 0.222. The van der Waals surface area contributed by atoms with Crippen molar-refractivity contribution in [2.75, 3.05) is 5.32 Å². The van der Waals surface area contributed by atoms with Gasteiger partial charge in [-0.05, 0) is 36.1 Å². The molecule has 0 spiro atoms. The third kappa shape index (κ3) is 3.57. The molecule has 0 bridgehead atoms. The highest BCUT2D eigenvalue weighted by atomic mass is 32.2. The molecule has 2 amide bonds. The van der Waals surface area contributed by atoms with Gasteiger partial charge in [0.25, 0.3) is 0 Å². The molecule has 2 aliphatic rings. The van der Waals surface area contributed by atoms with Gasteiger partial charge in [-0.15, -0.1) is 11.8 Å². The van der Waals surface area contributed by atoms with E-state index in [2.05, 4.69) is 10.6 Å². The lowest BCUT2D eigenvalue weighted by Crippen LogP contribution is -2.52. The van der Waals surface area contributed by atoms with Gasteiger partial charge >= 0.3 is 0 Å². The lowest BCUT2D eigenvalue weighted by molar-refractivity contribution is -0.134. The minimum Gasteiger partial charge on any atom is -0.447 e. The first-order valence-electron chi connectivity index (χ1n) is 7.95. The first-order valence-corrected chi connectivity index (χ1v) is 9.71. The number of hydrogen-bond acceptors (Lipinski definition) is 5. The second-order valence-corrected chi connectivity index (χ2v) is 8.04. The van der Waals surface area contributed by atoms with Gasteiger partial charge in [-0.2, -0.15) is 0 Å². The summed E-state index contributed by atoms with van der Waals surface area (Å²) in [6, 6.07) is 13.1. The van der Waals surface area contributed by atoms with Crippen molar-refractivity contribution in [1.82, 2.24) is 5.32 Å². The van der Waals surface area contributed by atoms with Crippen LogP contribution in [0.2, 0.25) is 0 Å². The monoisotopic (exact) mass is 372 g/mol. The highest BCUT2D eigenvalue weighted by Crippen LogP contribution is 2.35. The zero-order valence-electron chi connectivity index (χ0n) is 13.2. The SMILES string of the molecule is O=C(Nc1ccc(Oc2ccccc2)s1)C1CC2SC=CC2NC1=O. The number of carbonyl (C=O) groups is 2. The fourth-order valence-corrected chi connectivity index (χ4v) is 4.74. The van der Waals surface area contributed by atoms with E-state index in [1.807, 2.05) is 41.8 Å². The van der Waals surface area contributed by atoms with E-state index >= 15 is 0 Å². The van der Waals surface area contributed by atoms with E-state index in [9.17, 15) is 9.59 Å². The molecule has 2 N–H and O–H groups in total. The molecule has 1 saturated heterocycles. The molecule has 0 saturated carbocycles. The Morgan fingerprint density at radius 3 is 2.88 bits per heavy atom. The van der Waals surface area contributed by atoms with Gasteiger partial charge in [-0.3, -0.25) is 9.59 Å². The van der Waals surface area contributed by atoms with E-state index in [1.165, 1.54) is 11.3 Å². The Labute approximate surface area is 153 Å². The number of benzene rings is 1. The summed E-state index contributed by atoms with van der Waals surface area (Å²) in [5.74, 6) is -0.389. The van der Waals surface area contributed by atoms with Crippen LogP contribution in [-0.2, 0) is 9.59 Å². The average molecular weight is 372 g/mol. The molecule has 128 valence electrons. The maximum atomic E-state index is 12.5. The largest absolute Gasteiger partial charge is 0.447 e. The molecule has 25 heavy (non-hydrogen) atoms. The number of carbonyl (C=O) groups excluding carboxylic acids is 2. The first-order chi connectivity index (χ1) is 12.2. The number of para-hydroxylation sites is 1. The molecule has 1 aromatic carbocycles. The summed E-state index contributed by atoms with van der Waals surface area (Å²) < 4.78 is 5.74. The molecule has 3 unspecified atom stereocenters. The van der Waals surface area contributed by atoms with E-state index in [-0.39, 0.29) is 23.1 Å². The summed E-state index contributed by atoms with van der Waals surface area (Å²) in [7, 11) is 0. The Hall–Kier alpha value is -2.25. The average Bonchev–Trinajstić information content (AvgIpc) is 3.24. The first kappa shape index (κ1) is 16.2. The van der Waals surface area contributed by atoms with Crippen molar-refractivity contribution in [3.63, 3.8) is 0 Å². The van der Waals surface area contributed by atoms with Crippen molar-refractivity contribution in [2.45, 2.75) is 17.7 Å². The molecule has 7 heteroatoms. The van der Waals surface area contributed by atoms with Crippen LogP contribution in [0, 0.1) is 5.92 Å². The number of thiophene rings is 1. The van der Waals surface area contributed by atoms with E-state index in [1.54, 1.807) is 23.9 Å². The van der Waals surface area contributed by atoms with Gasteiger partial charge in [0.05, 0.1) is 11.0 Å². The number of ether oxygens (including phenoxy) is 1. The summed E-state index contributed by atoms with van der Waals surface area (Å²) in [5.41, 5.74) is 0. The van der Waals surface area contributed by atoms with E-state index in [0.29, 0.717) is 16.5 Å². The van der Waals surface area contributed by atoms with Gasteiger partial charge in [-0.1, -0.05) is 35.6 Å². The number of nitrogens with one attached hydrogen (secondary N) is 2. The third-order valence-electron chi connectivity index (χ3n) is 4.14. The zero-order chi connectivity index (χ0) is 17.2. The van der Waals surface area contributed by atoms with E-state index in [0.717, 1.165) is 5.75 Å². The lowest BCUT2D eigenvalue weighted by Gasteiger charge is -2.30. The van der Waals surface area contributed by atoms with Crippen LogP contribution in [0.15, 0.2) is 53.9 Å². The Morgan fingerprint density at radius 1 is 1.20 bits per heavy atom. The lowest BCUT2D eigenvalue weighted by atomic mass is 9.93. The van der Waals surface area contributed by atoms with Crippen LogP contribution in [0.5, 0.6) is 10.8 Å². The Kier molecular flexibility index (Phi) is 4.50. The van der Waals surface area contributed by atoms with Crippen LogP contribution in [0.3, 0.4) is 0 Å². The summed E-state index contributed by atoms with van der Waals surface area (Å²) in [6.07, 6.45) is 2.53. The standard InChI is InChI=1S/C18H16N2O3S2/c21-17-12(10-14-13(19-17)8-9-24-14)18(22)20-15-6-7-16(25-15)23-11-4-2-1-3-5-11/h1-9,12-14H,10H2,(H,19,21)(H,20,22). The smallest absolute Gasteiger partial charge is 0.237 e. The molecule has 1 fully saturated rings. The highest BCUT2D eigenvalue weighted by Gasteiger charge is 2.40. The van der Waals surface area contributed by atoms with Crippen LogP contribution < -0.4 is 15.4 Å². The van der Waals surface area contributed by atoms with E-state index in [4.69, 9.17) is 4.74 Å². The normalized spacial score (nSPS) is 24.5. The van der Waals surface area contributed by atoms with Crippen LogP contribution in [-0.4, -0.2) is 23.1 Å². The molecule has 3 atom stereocenters. The minimum atomic E-state index is -0.658. The molecule has 4 rings (SSSR count). The van der Waals surface area contributed by atoms with Crippen LogP contribution in [0.1, 0.15) is 6.42 Å². The summed E-state index contributed by atoms with van der Waals surface area (Å²) in [6.45, 7) is 0. The molecule has 2 aromatic rings. The quantitative estimate of drug-likeness (QED) is 0.805. The predicted molar refractivity (Wildman–Crippen MR) is 100 cm³/mol. The van der Waals surface area contributed by atoms with Gasteiger partial charge in [0.15, 0.2) is 5.06 Å². The molecule has 0 aliphatic carbocycles. The number of thioether (sulfide) groups is 1. The van der Waals surface area contributed by atoms with Crippen LogP contribution in [0.25, 0.3) is 0 Å². The number of fused-ring (bicyclic) bond motifs is 1. The predicted octanol–water partition coefficient (Wildman–Crippen LogP) is 3.61. The van der Waals surface area contributed by atoms with Crippen molar-refractivity contribution in [1.29, 1.82) is 0 Å². The Balaban J connectivity index is 1.39. The molecule has 5 nitrogen and oxygen atoms in total. The summed E-state index contributed by atoms with van der Waals surface area (Å²) >= 11 is 3.01. The number of anilines is 1. The van der Waals surface area contributed by atoms with E-state index < -0.39 is 5.92 Å². The number of hydrogen-bond donors (Lipinski definition) is 2. The second-order valence-electron chi connectivity index (χ2n) is 5.85. The third-order valence-corrected chi connectivity index (χ3v) is 6.17. The topological polar surface area (TPSA) is 67.4 Å². The van der Waals surface area contributed by atoms with Crippen molar-refractivity contribution >= 4 is 39.9 Å². The van der Waals surface area contributed by atoms with Gasteiger partial charge < -0.3 is 15.4 Å². The maximum absolute atomic E-state index is 12.5. The van der Waals surface area contributed by atoms with Crippen LogP contribution in [0.4, 0.5) is 5.00 Å². The molecule has 1 aromatic heterocycles. The van der Waals surface area contributed by atoms with Crippen molar-refractivity contribution in [3.8, 4) is 10.8 Å². The molecule has 2 aliphatic heterocycles. The number of amides is 2. The molecular formula is C18H16N2O3S2. The summed E-state index contributed by atoms with van der Waals surface area (Å²) in [4.78, 5) is 24.7. The Bertz CT molecular complexity index is 819. The second kappa shape index (κ2) is 6.93. The molecule has 0 radical (unpaired) electrons.